The number of Topliss-reactive ketones (excluding diaryl/α,β-unsaturated/α-hetero) is 1. The standard InChI is InChI=1S/C14H16O2/c1-3-5-11-8-10-6-4-7-14(16-2)12(10)9-13(11)15/h3-4,6-7,11H,1,5,8-9H2,2H3. The molecule has 16 heavy (non-hydrogen) atoms. The highest BCUT2D eigenvalue weighted by molar-refractivity contribution is 5.86. The lowest BCUT2D eigenvalue weighted by Gasteiger charge is -2.24. The maximum Gasteiger partial charge on any atom is 0.141 e. The molecule has 1 aromatic carbocycles. The van der Waals surface area contributed by atoms with E-state index in [1.165, 1.54) is 5.56 Å². The monoisotopic (exact) mass is 216 g/mol. The smallest absolute Gasteiger partial charge is 0.141 e. The number of rotatable bonds is 3. The molecule has 0 N–H and O–H groups in total. The van der Waals surface area contributed by atoms with Gasteiger partial charge in [0.15, 0.2) is 0 Å². The fourth-order valence-corrected chi connectivity index (χ4v) is 2.31. The Labute approximate surface area is 95.9 Å². The zero-order chi connectivity index (χ0) is 11.5. The van der Waals surface area contributed by atoms with Gasteiger partial charge in [-0.25, -0.2) is 0 Å². The molecule has 2 heteroatoms. The number of ether oxygens (including phenoxy) is 1. The van der Waals surface area contributed by atoms with Gasteiger partial charge < -0.3 is 4.74 Å². The molecule has 2 nitrogen and oxygen atoms in total. The average molecular weight is 216 g/mol. The minimum atomic E-state index is 0.108. The molecular weight excluding hydrogens is 200 g/mol. The maximum atomic E-state index is 11.9. The Balaban J connectivity index is 2.34. The van der Waals surface area contributed by atoms with Crippen LogP contribution in [0.2, 0.25) is 0 Å². The summed E-state index contributed by atoms with van der Waals surface area (Å²) in [5.74, 6) is 1.25. The number of carbonyl (C=O) groups is 1. The summed E-state index contributed by atoms with van der Waals surface area (Å²) in [5, 5.41) is 0. The van der Waals surface area contributed by atoms with Crippen LogP contribution in [0.3, 0.4) is 0 Å². The van der Waals surface area contributed by atoms with Crippen molar-refractivity contribution >= 4 is 5.78 Å². The molecule has 0 fully saturated rings. The van der Waals surface area contributed by atoms with Crippen molar-refractivity contribution in [1.29, 1.82) is 0 Å². The van der Waals surface area contributed by atoms with Gasteiger partial charge in [0.25, 0.3) is 0 Å². The Hall–Kier alpha value is -1.57. The lowest BCUT2D eigenvalue weighted by atomic mass is 9.81. The second-order valence-electron chi connectivity index (χ2n) is 4.17. The first-order valence-corrected chi connectivity index (χ1v) is 5.54. The van der Waals surface area contributed by atoms with Crippen molar-refractivity contribution in [2.24, 2.45) is 5.92 Å². The molecule has 0 bridgehead atoms. The molecule has 0 saturated heterocycles. The first-order valence-electron chi connectivity index (χ1n) is 5.54. The summed E-state index contributed by atoms with van der Waals surface area (Å²) in [4.78, 5) is 11.9. The molecule has 0 amide bonds. The van der Waals surface area contributed by atoms with Gasteiger partial charge in [-0.2, -0.15) is 0 Å². The maximum absolute atomic E-state index is 11.9. The fraction of sp³-hybridized carbons (Fsp3) is 0.357. The van der Waals surface area contributed by atoms with Gasteiger partial charge in [0.2, 0.25) is 0 Å². The van der Waals surface area contributed by atoms with Crippen LogP contribution in [0.5, 0.6) is 5.75 Å². The van der Waals surface area contributed by atoms with Crippen LogP contribution in [0.1, 0.15) is 17.5 Å². The number of benzene rings is 1. The number of ketones is 1. The van der Waals surface area contributed by atoms with E-state index in [1.807, 2.05) is 18.2 Å². The molecule has 1 unspecified atom stereocenters. The van der Waals surface area contributed by atoms with E-state index < -0.39 is 0 Å². The minimum Gasteiger partial charge on any atom is -0.496 e. The molecule has 0 heterocycles. The number of carbonyl (C=O) groups excluding carboxylic acids is 1. The third kappa shape index (κ3) is 1.87. The van der Waals surface area contributed by atoms with Crippen molar-refractivity contribution in [1.82, 2.24) is 0 Å². The summed E-state index contributed by atoms with van der Waals surface area (Å²) in [7, 11) is 1.65. The van der Waals surface area contributed by atoms with Crippen molar-refractivity contribution in [2.75, 3.05) is 7.11 Å². The SMILES string of the molecule is C=CCC1Cc2cccc(OC)c2CC1=O. The molecule has 0 aromatic heterocycles. The average Bonchev–Trinajstić information content (AvgIpc) is 2.30. The lowest BCUT2D eigenvalue weighted by Crippen LogP contribution is -2.25. The van der Waals surface area contributed by atoms with Crippen molar-refractivity contribution in [3.63, 3.8) is 0 Å². The van der Waals surface area contributed by atoms with E-state index in [9.17, 15) is 4.79 Å². The van der Waals surface area contributed by atoms with Crippen LogP contribution >= 0.6 is 0 Å². The first kappa shape index (κ1) is 10.9. The predicted octanol–water partition coefficient (Wildman–Crippen LogP) is 2.56. The molecule has 84 valence electrons. The number of fused-ring (bicyclic) bond motifs is 1. The van der Waals surface area contributed by atoms with E-state index in [4.69, 9.17) is 4.74 Å². The summed E-state index contributed by atoms with van der Waals surface area (Å²) < 4.78 is 5.28. The zero-order valence-electron chi connectivity index (χ0n) is 9.53. The molecular formula is C14H16O2. The van der Waals surface area contributed by atoms with Gasteiger partial charge in [-0.3, -0.25) is 4.79 Å². The van der Waals surface area contributed by atoms with Crippen molar-refractivity contribution in [2.45, 2.75) is 19.3 Å². The number of methoxy groups -OCH3 is 1. The van der Waals surface area contributed by atoms with Crippen molar-refractivity contribution in [3.8, 4) is 5.75 Å². The van der Waals surface area contributed by atoms with E-state index in [0.29, 0.717) is 12.2 Å². The zero-order valence-corrected chi connectivity index (χ0v) is 9.53. The fourth-order valence-electron chi connectivity index (χ4n) is 2.31. The van der Waals surface area contributed by atoms with Crippen molar-refractivity contribution < 1.29 is 9.53 Å². The van der Waals surface area contributed by atoms with Gasteiger partial charge in [-0.05, 0) is 24.5 Å². The Bertz CT molecular complexity index is 421. The number of hydrogen-bond acceptors (Lipinski definition) is 2. The molecule has 0 radical (unpaired) electrons. The Morgan fingerprint density at radius 2 is 2.38 bits per heavy atom. The second kappa shape index (κ2) is 4.52. The molecule has 0 spiro atoms. The summed E-state index contributed by atoms with van der Waals surface area (Å²) in [6.07, 6.45) is 3.92. The highest BCUT2D eigenvalue weighted by Crippen LogP contribution is 2.31. The third-order valence-corrected chi connectivity index (χ3v) is 3.17. The van der Waals surface area contributed by atoms with Gasteiger partial charge in [0.1, 0.15) is 11.5 Å². The molecule has 0 saturated carbocycles. The van der Waals surface area contributed by atoms with Gasteiger partial charge in [-0.1, -0.05) is 18.2 Å². The van der Waals surface area contributed by atoms with E-state index in [-0.39, 0.29) is 5.92 Å². The predicted molar refractivity (Wildman–Crippen MR) is 63.7 cm³/mol. The van der Waals surface area contributed by atoms with Crippen molar-refractivity contribution in [3.05, 3.63) is 42.0 Å². The summed E-state index contributed by atoms with van der Waals surface area (Å²) in [6.45, 7) is 3.70. The molecule has 1 aliphatic carbocycles. The van der Waals surface area contributed by atoms with Crippen LogP contribution in [0.15, 0.2) is 30.9 Å². The summed E-state index contributed by atoms with van der Waals surface area (Å²) in [5.41, 5.74) is 2.31. The van der Waals surface area contributed by atoms with Gasteiger partial charge in [0.05, 0.1) is 7.11 Å². The normalized spacial score (nSPS) is 19.1. The Kier molecular flexibility index (Phi) is 3.09. The second-order valence-corrected chi connectivity index (χ2v) is 4.17. The highest BCUT2D eigenvalue weighted by Gasteiger charge is 2.26. The number of allylic oxidation sites excluding steroid dienone is 1. The van der Waals surface area contributed by atoms with Crippen LogP contribution < -0.4 is 4.74 Å². The van der Waals surface area contributed by atoms with E-state index in [0.717, 1.165) is 24.2 Å². The van der Waals surface area contributed by atoms with Gasteiger partial charge in [-0.15, -0.1) is 6.58 Å². The van der Waals surface area contributed by atoms with E-state index in [1.54, 1.807) is 7.11 Å². The van der Waals surface area contributed by atoms with E-state index >= 15 is 0 Å². The van der Waals surface area contributed by atoms with Gasteiger partial charge >= 0.3 is 0 Å². The molecule has 2 rings (SSSR count). The highest BCUT2D eigenvalue weighted by atomic mass is 16.5. The Morgan fingerprint density at radius 3 is 3.06 bits per heavy atom. The van der Waals surface area contributed by atoms with Gasteiger partial charge in [0, 0.05) is 17.9 Å². The molecule has 1 atom stereocenters. The van der Waals surface area contributed by atoms with E-state index in [2.05, 4.69) is 12.6 Å². The summed E-state index contributed by atoms with van der Waals surface area (Å²) >= 11 is 0. The van der Waals surface area contributed by atoms with Crippen LogP contribution in [0, 0.1) is 5.92 Å². The largest absolute Gasteiger partial charge is 0.496 e. The topological polar surface area (TPSA) is 26.3 Å². The molecule has 0 aliphatic heterocycles. The van der Waals surface area contributed by atoms with Crippen LogP contribution in [0.25, 0.3) is 0 Å². The quantitative estimate of drug-likeness (QED) is 0.726. The van der Waals surface area contributed by atoms with Crippen LogP contribution in [-0.4, -0.2) is 12.9 Å². The molecule has 1 aromatic rings. The van der Waals surface area contributed by atoms with Crippen LogP contribution in [0.4, 0.5) is 0 Å². The lowest BCUT2D eigenvalue weighted by molar-refractivity contribution is -0.122. The third-order valence-electron chi connectivity index (χ3n) is 3.17. The molecule has 1 aliphatic rings. The minimum absolute atomic E-state index is 0.108. The van der Waals surface area contributed by atoms with Crippen LogP contribution in [-0.2, 0) is 17.6 Å². The first-order chi connectivity index (χ1) is 7.76. The summed E-state index contributed by atoms with van der Waals surface area (Å²) in [6, 6.07) is 5.98. The Morgan fingerprint density at radius 1 is 1.56 bits per heavy atom. The number of hydrogen-bond donors (Lipinski definition) is 0.